The van der Waals surface area contributed by atoms with Crippen LogP contribution < -0.4 is 9.64 Å². The SMILES string of the molecule is CCOc1ncnc2sc(C(=O)N3CCN(c4ncccn4)CC3)c(C)c12. The molecule has 0 aromatic carbocycles. The molecule has 0 atom stereocenters. The van der Waals surface area contributed by atoms with Gasteiger partial charge in [-0.1, -0.05) is 0 Å². The molecule has 0 aliphatic carbocycles. The summed E-state index contributed by atoms with van der Waals surface area (Å²) < 4.78 is 5.61. The van der Waals surface area contributed by atoms with Crippen LogP contribution in [0.5, 0.6) is 5.88 Å². The van der Waals surface area contributed by atoms with Gasteiger partial charge in [0.05, 0.1) is 16.9 Å². The van der Waals surface area contributed by atoms with Crippen molar-refractivity contribution in [1.82, 2.24) is 24.8 Å². The topological polar surface area (TPSA) is 84.3 Å². The fourth-order valence-corrected chi connectivity index (χ4v) is 4.30. The van der Waals surface area contributed by atoms with Gasteiger partial charge in [-0.2, -0.15) is 0 Å². The van der Waals surface area contributed by atoms with Crippen molar-refractivity contribution in [3.05, 3.63) is 35.2 Å². The zero-order valence-corrected chi connectivity index (χ0v) is 16.1. The standard InChI is InChI=1S/C18H20N6O2S/c1-3-26-15-13-12(2)14(27-16(13)22-11-21-15)17(25)23-7-9-24(10-8-23)18-19-5-4-6-20-18/h4-6,11H,3,7-10H2,1-2H3. The van der Waals surface area contributed by atoms with Crippen LogP contribution in [0.2, 0.25) is 0 Å². The van der Waals surface area contributed by atoms with Crippen molar-refractivity contribution in [2.45, 2.75) is 13.8 Å². The van der Waals surface area contributed by atoms with Crippen molar-refractivity contribution < 1.29 is 9.53 Å². The highest BCUT2D eigenvalue weighted by Crippen LogP contribution is 2.35. The number of hydrogen-bond acceptors (Lipinski definition) is 8. The Hall–Kier alpha value is -2.81. The smallest absolute Gasteiger partial charge is 0.264 e. The molecule has 27 heavy (non-hydrogen) atoms. The number of anilines is 1. The van der Waals surface area contributed by atoms with E-state index in [1.807, 2.05) is 18.7 Å². The first-order valence-corrected chi connectivity index (χ1v) is 9.68. The van der Waals surface area contributed by atoms with E-state index in [-0.39, 0.29) is 5.91 Å². The number of aryl methyl sites for hydroxylation is 1. The fourth-order valence-electron chi connectivity index (χ4n) is 3.20. The molecule has 1 aliphatic heterocycles. The van der Waals surface area contributed by atoms with Gasteiger partial charge in [-0.25, -0.2) is 19.9 Å². The lowest BCUT2D eigenvalue weighted by Gasteiger charge is -2.34. The molecule has 9 heteroatoms. The third-order valence-corrected chi connectivity index (χ3v) is 5.76. The van der Waals surface area contributed by atoms with E-state index < -0.39 is 0 Å². The highest BCUT2D eigenvalue weighted by molar-refractivity contribution is 7.20. The Morgan fingerprint density at radius 2 is 1.89 bits per heavy atom. The molecule has 4 rings (SSSR count). The second kappa shape index (κ2) is 7.43. The molecule has 1 saturated heterocycles. The molecule has 0 saturated carbocycles. The molecule has 1 amide bonds. The van der Waals surface area contributed by atoms with Gasteiger partial charge in [0.15, 0.2) is 0 Å². The Labute approximate surface area is 160 Å². The summed E-state index contributed by atoms with van der Waals surface area (Å²) in [5.74, 6) is 1.28. The molecule has 0 unspecified atom stereocenters. The number of piperazine rings is 1. The summed E-state index contributed by atoms with van der Waals surface area (Å²) in [4.78, 5) is 35.7. The maximum atomic E-state index is 13.1. The van der Waals surface area contributed by atoms with Gasteiger partial charge in [-0.05, 0) is 25.5 Å². The van der Waals surface area contributed by atoms with Crippen molar-refractivity contribution in [1.29, 1.82) is 0 Å². The van der Waals surface area contributed by atoms with E-state index in [2.05, 4.69) is 24.8 Å². The van der Waals surface area contributed by atoms with Gasteiger partial charge >= 0.3 is 0 Å². The van der Waals surface area contributed by atoms with Crippen LogP contribution in [0.15, 0.2) is 24.8 Å². The van der Waals surface area contributed by atoms with Crippen molar-refractivity contribution in [2.24, 2.45) is 0 Å². The van der Waals surface area contributed by atoms with Crippen molar-refractivity contribution in [3.8, 4) is 5.88 Å². The average molecular weight is 384 g/mol. The van der Waals surface area contributed by atoms with E-state index in [4.69, 9.17) is 4.74 Å². The lowest BCUT2D eigenvalue weighted by Crippen LogP contribution is -2.49. The van der Waals surface area contributed by atoms with Gasteiger partial charge in [0.25, 0.3) is 5.91 Å². The highest BCUT2D eigenvalue weighted by atomic mass is 32.1. The summed E-state index contributed by atoms with van der Waals surface area (Å²) >= 11 is 1.40. The van der Waals surface area contributed by atoms with Crippen LogP contribution in [0.4, 0.5) is 5.95 Å². The lowest BCUT2D eigenvalue weighted by atomic mass is 10.2. The summed E-state index contributed by atoms with van der Waals surface area (Å²) in [5, 5.41) is 0.837. The normalized spacial score (nSPS) is 14.6. The number of nitrogens with zero attached hydrogens (tertiary/aromatic N) is 6. The van der Waals surface area contributed by atoms with E-state index in [9.17, 15) is 4.79 Å². The predicted octanol–water partition coefficient (Wildman–Crippen LogP) is 2.15. The van der Waals surface area contributed by atoms with E-state index in [0.717, 1.165) is 15.8 Å². The van der Waals surface area contributed by atoms with Crippen LogP contribution in [0.25, 0.3) is 10.2 Å². The summed E-state index contributed by atoms with van der Waals surface area (Å²) in [6, 6.07) is 1.80. The molecular formula is C18H20N6O2S. The summed E-state index contributed by atoms with van der Waals surface area (Å²) in [6.45, 7) is 7.06. The van der Waals surface area contributed by atoms with Gasteiger partial charge in [-0.3, -0.25) is 4.79 Å². The Morgan fingerprint density at radius 3 is 2.59 bits per heavy atom. The van der Waals surface area contributed by atoms with E-state index in [1.54, 1.807) is 18.5 Å². The second-order valence-electron chi connectivity index (χ2n) is 6.18. The second-order valence-corrected chi connectivity index (χ2v) is 7.18. The van der Waals surface area contributed by atoms with Gasteiger partial charge in [0.2, 0.25) is 11.8 Å². The van der Waals surface area contributed by atoms with Crippen molar-refractivity contribution in [2.75, 3.05) is 37.7 Å². The van der Waals surface area contributed by atoms with Gasteiger partial charge < -0.3 is 14.5 Å². The molecule has 1 aliphatic rings. The first kappa shape index (κ1) is 17.6. The number of fused-ring (bicyclic) bond motifs is 1. The van der Waals surface area contributed by atoms with Crippen LogP contribution in [-0.2, 0) is 0 Å². The third-order valence-electron chi connectivity index (χ3n) is 4.57. The third kappa shape index (κ3) is 3.30. The number of hydrogen-bond donors (Lipinski definition) is 0. The summed E-state index contributed by atoms with van der Waals surface area (Å²) in [7, 11) is 0. The lowest BCUT2D eigenvalue weighted by molar-refractivity contribution is 0.0750. The van der Waals surface area contributed by atoms with Crippen LogP contribution in [0.1, 0.15) is 22.2 Å². The fraction of sp³-hybridized carbons (Fsp3) is 0.389. The number of rotatable bonds is 4. The van der Waals surface area contributed by atoms with Crippen LogP contribution >= 0.6 is 11.3 Å². The van der Waals surface area contributed by atoms with Crippen molar-refractivity contribution >= 4 is 33.4 Å². The quantitative estimate of drug-likeness (QED) is 0.681. The molecule has 0 spiro atoms. The molecule has 0 radical (unpaired) electrons. The number of amides is 1. The summed E-state index contributed by atoms with van der Waals surface area (Å²) in [5.41, 5.74) is 0.887. The first-order valence-electron chi connectivity index (χ1n) is 8.87. The molecule has 3 aromatic rings. The first-order chi connectivity index (χ1) is 13.2. The number of carbonyl (C=O) groups excluding carboxylic acids is 1. The predicted molar refractivity (Wildman–Crippen MR) is 103 cm³/mol. The Bertz CT molecular complexity index is 953. The molecule has 4 heterocycles. The van der Waals surface area contributed by atoms with Crippen LogP contribution in [0.3, 0.4) is 0 Å². The number of thiophene rings is 1. The van der Waals surface area contributed by atoms with Gasteiger partial charge in [0, 0.05) is 38.6 Å². The average Bonchev–Trinajstić information content (AvgIpc) is 3.06. The van der Waals surface area contributed by atoms with E-state index in [0.29, 0.717) is 49.5 Å². The maximum Gasteiger partial charge on any atom is 0.264 e. The highest BCUT2D eigenvalue weighted by Gasteiger charge is 2.27. The van der Waals surface area contributed by atoms with Crippen molar-refractivity contribution in [3.63, 3.8) is 0 Å². The van der Waals surface area contributed by atoms with Gasteiger partial charge in [-0.15, -0.1) is 11.3 Å². The van der Waals surface area contributed by atoms with E-state index >= 15 is 0 Å². The molecule has 8 nitrogen and oxygen atoms in total. The minimum Gasteiger partial charge on any atom is -0.477 e. The van der Waals surface area contributed by atoms with Crippen LogP contribution in [-0.4, -0.2) is 63.5 Å². The number of ether oxygens (including phenoxy) is 1. The minimum atomic E-state index is 0.0339. The molecule has 3 aromatic heterocycles. The molecule has 140 valence electrons. The zero-order chi connectivity index (χ0) is 18.8. The monoisotopic (exact) mass is 384 g/mol. The zero-order valence-electron chi connectivity index (χ0n) is 15.3. The Kier molecular flexibility index (Phi) is 4.85. The Balaban J connectivity index is 1.54. The minimum absolute atomic E-state index is 0.0339. The number of aromatic nitrogens is 4. The van der Waals surface area contributed by atoms with Crippen LogP contribution in [0, 0.1) is 6.92 Å². The Morgan fingerprint density at radius 1 is 1.15 bits per heavy atom. The molecular weight excluding hydrogens is 364 g/mol. The van der Waals surface area contributed by atoms with Gasteiger partial charge in [0.1, 0.15) is 11.2 Å². The largest absolute Gasteiger partial charge is 0.477 e. The molecule has 1 fully saturated rings. The molecule has 0 N–H and O–H groups in total. The molecule has 0 bridgehead atoms. The van der Waals surface area contributed by atoms with E-state index in [1.165, 1.54) is 17.7 Å². The number of carbonyl (C=O) groups is 1. The summed E-state index contributed by atoms with van der Waals surface area (Å²) in [6.07, 6.45) is 4.95. The maximum absolute atomic E-state index is 13.1.